The number of carbonyl (C=O) groups is 1. The van der Waals surface area contributed by atoms with Crippen molar-refractivity contribution < 1.29 is 24.2 Å². The van der Waals surface area contributed by atoms with Crippen molar-refractivity contribution in [2.75, 3.05) is 13.2 Å². The number of hydrogen-bond acceptors (Lipinski definition) is 6. The molecule has 0 saturated carbocycles. The second-order valence-corrected chi connectivity index (χ2v) is 6.37. The monoisotopic (exact) mass is 350 g/mol. The predicted molar refractivity (Wildman–Crippen MR) is 92.3 cm³/mol. The van der Waals surface area contributed by atoms with E-state index in [0.29, 0.717) is 13.2 Å². The molecule has 3 atom stereocenters. The maximum absolute atomic E-state index is 11.1. The summed E-state index contributed by atoms with van der Waals surface area (Å²) in [5.41, 5.74) is 1.55. The lowest BCUT2D eigenvalue weighted by Crippen LogP contribution is -2.51. The molecule has 0 spiro atoms. The van der Waals surface area contributed by atoms with Crippen molar-refractivity contribution >= 4 is 11.7 Å². The molecule has 1 aromatic heterocycles. The van der Waals surface area contributed by atoms with E-state index >= 15 is 0 Å². The van der Waals surface area contributed by atoms with Gasteiger partial charge in [0.1, 0.15) is 12.3 Å². The molecule has 1 fully saturated rings. The number of carboxylic acids is 1. The zero-order valence-corrected chi connectivity index (χ0v) is 15.0. The van der Waals surface area contributed by atoms with E-state index in [9.17, 15) is 4.79 Å². The summed E-state index contributed by atoms with van der Waals surface area (Å²) in [4.78, 5) is 20.7. The Morgan fingerprint density at radius 2 is 2.28 bits per heavy atom. The van der Waals surface area contributed by atoms with E-state index in [4.69, 9.17) is 19.4 Å². The van der Waals surface area contributed by atoms with E-state index < -0.39 is 11.8 Å². The molecule has 2 heterocycles. The van der Waals surface area contributed by atoms with Gasteiger partial charge >= 0.3 is 5.97 Å². The summed E-state index contributed by atoms with van der Waals surface area (Å²) in [6, 6.07) is 5.65. The molecule has 1 aliphatic rings. The van der Waals surface area contributed by atoms with Crippen LogP contribution in [0.25, 0.3) is 0 Å². The molecule has 1 aliphatic heterocycles. The SMILES string of the molecule is CC(=NOCCCCC1COC(C)(C(=O)O)OC1C)c1ccccn1. The minimum atomic E-state index is -1.53. The highest BCUT2D eigenvalue weighted by atomic mass is 16.7. The standard InChI is InChI=1S/C18H26N2O5/c1-13(16-9-4-6-10-19-16)20-24-11-7-5-8-15-12-23-18(3,17(21)22)25-14(15)2/h4,6,9-10,14-15H,5,7-8,11-12H2,1-3H3,(H,21,22). The summed E-state index contributed by atoms with van der Waals surface area (Å²) in [6.07, 6.45) is 4.25. The van der Waals surface area contributed by atoms with Crippen LogP contribution in [0.5, 0.6) is 0 Å². The van der Waals surface area contributed by atoms with Gasteiger partial charge in [-0.15, -0.1) is 0 Å². The van der Waals surface area contributed by atoms with Gasteiger partial charge in [0.2, 0.25) is 0 Å². The van der Waals surface area contributed by atoms with Crippen LogP contribution in [0.3, 0.4) is 0 Å². The average Bonchev–Trinajstić information content (AvgIpc) is 2.60. The Hall–Kier alpha value is -1.99. The fraction of sp³-hybridized carbons (Fsp3) is 0.611. The molecule has 1 saturated heterocycles. The van der Waals surface area contributed by atoms with Crippen LogP contribution in [0.15, 0.2) is 29.6 Å². The van der Waals surface area contributed by atoms with E-state index in [2.05, 4.69) is 10.1 Å². The maximum atomic E-state index is 11.1. The predicted octanol–water partition coefficient (Wildman–Crippen LogP) is 2.84. The Bertz CT molecular complexity index is 592. The van der Waals surface area contributed by atoms with E-state index in [1.807, 2.05) is 32.0 Å². The summed E-state index contributed by atoms with van der Waals surface area (Å²) in [6.45, 7) is 6.12. The quantitative estimate of drug-likeness (QED) is 0.440. The number of carboxylic acid groups (broad SMARTS) is 1. The molecular weight excluding hydrogens is 324 g/mol. The van der Waals surface area contributed by atoms with Crippen LogP contribution >= 0.6 is 0 Å². The van der Waals surface area contributed by atoms with Crippen LogP contribution < -0.4 is 0 Å². The van der Waals surface area contributed by atoms with E-state index in [1.54, 1.807) is 6.20 Å². The van der Waals surface area contributed by atoms with Gasteiger partial charge in [-0.25, -0.2) is 4.79 Å². The number of aromatic nitrogens is 1. The Morgan fingerprint density at radius 3 is 2.92 bits per heavy atom. The molecule has 7 heteroatoms. The normalized spacial score (nSPS) is 27.1. The van der Waals surface area contributed by atoms with Crippen molar-refractivity contribution in [3.8, 4) is 0 Å². The van der Waals surface area contributed by atoms with Crippen LogP contribution in [0.4, 0.5) is 0 Å². The number of unbranched alkanes of at least 4 members (excludes halogenated alkanes) is 1. The van der Waals surface area contributed by atoms with Gasteiger partial charge in [-0.1, -0.05) is 11.2 Å². The highest BCUT2D eigenvalue weighted by molar-refractivity contribution is 5.96. The van der Waals surface area contributed by atoms with E-state index in [0.717, 1.165) is 30.7 Å². The Labute approximate surface area is 148 Å². The number of nitrogens with zero attached hydrogens (tertiary/aromatic N) is 2. The number of pyridine rings is 1. The topological polar surface area (TPSA) is 90.2 Å². The second kappa shape index (κ2) is 8.92. The third-order valence-corrected chi connectivity index (χ3v) is 4.33. The van der Waals surface area contributed by atoms with Gasteiger partial charge in [0, 0.05) is 19.0 Å². The van der Waals surface area contributed by atoms with Gasteiger partial charge in [0.05, 0.1) is 18.4 Å². The van der Waals surface area contributed by atoms with Gasteiger partial charge in [-0.05, 0) is 45.2 Å². The Morgan fingerprint density at radius 1 is 1.48 bits per heavy atom. The fourth-order valence-electron chi connectivity index (χ4n) is 2.66. The molecule has 7 nitrogen and oxygen atoms in total. The second-order valence-electron chi connectivity index (χ2n) is 6.37. The van der Waals surface area contributed by atoms with Crippen LogP contribution in [-0.2, 0) is 19.1 Å². The summed E-state index contributed by atoms with van der Waals surface area (Å²) >= 11 is 0. The lowest BCUT2D eigenvalue weighted by Gasteiger charge is -2.39. The lowest BCUT2D eigenvalue weighted by atomic mass is 9.96. The molecule has 0 bridgehead atoms. The summed E-state index contributed by atoms with van der Waals surface area (Å²) in [5.74, 6) is -2.44. The van der Waals surface area contributed by atoms with Crippen molar-refractivity contribution in [2.45, 2.75) is 51.9 Å². The summed E-state index contributed by atoms with van der Waals surface area (Å²) < 4.78 is 10.9. The number of hydrogen-bond donors (Lipinski definition) is 1. The average molecular weight is 350 g/mol. The first-order valence-electron chi connectivity index (χ1n) is 8.55. The molecular formula is C18H26N2O5. The van der Waals surface area contributed by atoms with Crippen molar-refractivity contribution in [2.24, 2.45) is 11.1 Å². The molecule has 0 aromatic carbocycles. The van der Waals surface area contributed by atoms with Crippen LogP contribution in [0, 0.1) is 5.92 Å². The highest BCUT2D eigenvalue weighted by Crippen LogP contribution is 2.29. The van der Waals surface area contributed by atoms with Crippen LogP contribution in [0.1, 0.15) is 45.7 Å². The minimum absolute atomic E-state index is 0.153. The molecule has 25 heavy (non-hydrogen) atoms. The highest BCUT2D eigenvalue weighted by Gasteiger charge is 2.43. The Balaban J connectivity index is 1.64. The number of aliphatic carboxylic acids is 1. The van der Waals surface area contributed by atoms with Gasteiger partial charge in [0.25, 0.3) is 5.79 Å². The van der Waals surface area contributed by atoms with Crippen molar-refractivity contribution in [1.29, 1.82) is 0 Å². The number of ether oxygens (including phenoxy) is 2. The van der Waals surface area contributed by atoms with Crippen molar-refractivity contribution in [1.82, 2.24) is 4.98 Å². The third-order valence-electron chi connectivity index (χ3n) is 4.33. The van der Waals surface area contributed by atoms with Crippen molar-refractivity contribution in [3.05, 3.63) is 30.1 Å². The van der Waals surface area contributed by atoms with Gasteiger partial charge in [-0.2, -0.15) is 0 Å². The maximum Gasteiger partial charge on any atom is 0.364 e. The van der Waals surface area contributed by atoms with E-state index in [-0.39, 0.29) is 12.0 Å². The summed E-state index contributed by atoms with van der Waals surface area (Å²) in [7, 11) is 0. The molecule has 0 amide bonds. The fourth-order valence-corrected chi connectivity index (χ4v) is 2.66. The first kappa shape index (κ1) is 19.3. The largest absolute Gasteiger partial charge is 0.477 e. The molecule has 3 unspecified atom stereocenters. The minimum Gasteiger partial charge on any atom is -0.477 e. The van der Waals surface area contributed by atoms with Gasteiger partial charge in [-0.3, -0.25) is 4.98 Å². The smallest absolute Gasteiger partial charge is 0.364 e. The van der Waals surface area contributed by atoms with Gasteiger partial charge in [0.15, 0.2) is 0 Å². The van der Waals surface area contributed by atoms with Gasteiger partial charge < -0.3 is 19.4 Å². The zero-order chi connectivity index (χ0) is 18.3. The summed E-state index contributed by atoms with van der Waals surface area (Å²) in [5, 5.41) is 13.2. The molecule has 138 valence electrons. The third kappa shape index (κ3) is 5.51. The van der Waals surface area contributed by atoms with Crippen LogP contribution in [0.2, 0.25) is 0 Å². The van der Waals surface area contributed by atoms with E-state index in [1.165, 1.54) is 6.92 Å². The Kier molecular flexibility index (Phi) is 6.90. The first-order chi connectivity index (χ1) is 11.9. The van der Waals surface area contributed by atoms with Crippen LogP contribution in [-0.4, -0.2) is 46.9 Å². The number of rotatable bonds is 8. The lowest BCUT2D eigenvalue weighted by molar-refractivity contribution is -0.292. The zero-order valence-electron chi connectivity index (χ0n) is 15.0. The number of oxime groups is 1. The van der Waals surface area contributed by atoms with Crippen molar-refractivity contribution in [3.63, 3.8) is 0 Å². The molecule has 2 rings (SSSR count). The molecule has 0 radical (unpaired) electrons. The molecule has 1 N–H and O–H groups in total. The first-order valence-corrected chi connectivity index (χ1v) is 8.55. The molecule has 1 aromatic rings. The molecule has 0 aliphatic carbocycles.